The van der Waals surface area contributed by atoms with Gasteiger partial charge in [0.05, 0.1) is 0 Å². The average Bonchev–Trinajstić information content (AvgIpc) is 3.17. The molecular weight excluding hydrogens is 423 g/mol. The summed E-state index contributed by atoms with van der Waals surface area (Å²) >= 11 is 1.64. The number of ether oxygens (including phenoxy) is 1. The fraction of sp³-hybridized carbons (Fsp3) is 0.269. The van der Waals surface area contributed by atoms with E-state index in [4.69, 9.17) is 4.74 Å². The third kappa shape index (κ3) is 4.32. The Morgan fingerprint density at radius 2 is 1.72 bits per heavy atom. The van der Waals surface area contributed by atoms with E-state index in [1.165, 1.54) is 23.4 Å². The Labute approximate surface area is 191 Å². The van der Waals surface area contributed by atoms with Crippen LogP contribution in [0.1, 0.15) is 24.0 Å². The minimum absolute atomic E-state index is 0.0326. The average molecular weight is 449 g/mol. The number of halogens is 1. The second-order valence-electron chi connectivity index (χ2n) is 8.42. The van der Waals surface area contributed by atoms with Crippen molar-refractivity contribution in [3.8, 4) is 0 Å². The van der Waals surface area contributed by atoms with Crippen LogP contribution in [0.5, 0.6) is 0 Å². The molecule has 2 aliphatic heterocycles. The Kier molecular flexibility index (Phi) is 5.79. The van der Waals surface area contributed by atoms with E-state index in [1.54, 1.807) is 23.9 Å². The summed E-state index contributed by atoms with van der Waals surface area (Å²) in [5.74, 6) is -0.222. The first-order chi connectivity index (χ1) is 15.6. The molecule has 0 aromatic heterocycles. The number of benzene rings is 3. The number of fused-ring (bicyclic) bond motifs is 2. The second kappa shape index (κ2) is 8.87. The molecule has 4 nitrogen and oxygen atoms in total. The zero-order valence-electron chi connectivity index (χ0n) is 17.7. The lowest BCUT2D eigenvalue weighted by atomic mass is 9.74. The molecule has 1 saturated heterocycles. The van der Waals surface area contributed by atoms with Crippen molar-refractivity contribution in [2.75, 3.05) is 25.0 Å². The molecule has 164 valence electrons. The first-order valence-corrected chi connectivity index (χ1v) is 11.7. The van der Waals surface area contributed by atoms with E-state index < -0.39 is 0 Å². The highest BCUT2D eigenvalue weighted by Gasteiger charge is 2.42. The number of nitrogens with one attached hydrogen (secondary N) is 1. The van der Waals surface area contributed by atoms with Gasteiger partial charge in [-0.25, -0.2) is 9.18 Å². The maximum atomic E-state index is 13.2. The van der Waals surface area contributed by atoms with Gasteiger partial charge in [0.2, 0.25) is 0 Å². The highest BCUT2D eigenvalue weighted by Crippen LogP contribution is 2.46. The molecular formula is C26H25FN2O2S. The van der Waals surface area contributed by atoms with Crippen molar-refractivity contribution in [2.24, 2.45) is 0 Å². The minimum atomic E-state index is -0.240. The summed E-state index contributed by atoms with van der Waals surface area (Å²) in [5.41, 5.74) is 3.52. The lowest BCUT2D eigenvalue weighted by molar-refractivity contribution is 0.0794. The molecule has 2 heterocycles. The number of hydrogen-bond donors (Lipinski definition) is 1. The predicted octanol–water partition coefficient (Wildman–Crippen LogP) is 6.07. The van der Waals surface area contributed by atoms with Crippen molar-refractivity contribution >= 4 is 23.5 Å². The molecule has 1 amide bonds. The molecule has 1 spiro atoms. The number of likely N-dealkylation sites (tertiary alicyclic amines) is 1. The Bertz CT molecular complexity index is 1100. The Morgan fingerprint density at radius 3 is 2.47 bits per heavy atom. The molecule has 0 unspecified atom stereocenters. The van der Waals surface area contributed by atoms with Gasteiger partial charge in [-0.15, -0.1) is 0 Å². The normalized spacial score (nSPS) is 16.5. The van der Waals surface area contributed by atoms with Gasteiger partial charge in [-0.3, -0.25) is 0 Å². The summed E-state index contributed by atoms with van der Waals surface area (Å²) in [6.07, 6.45) is 1.56. The molecule has 0 atom stereocenters. The van der Waals surface area contributed by atoms with Crippen LogP contribution in [0.4, 0.5) is 14.9 Å². The van der Waals surface area contributed by atoms with E-state index in [1.807, 2.05) is 35.2 Å². The topological polar surface area (TPSA) is 41.6 Å². The number of nitrogens with zero attached hydrogens (tertiary/aromatic N) is 1. The molecule has 0 radical (unpaired) electrons. The fourth-order valence-corrected chi connectivity index (χ4v) is 5.41. The van der Waals surface area contributed by atoms with Gasteiger partial charge >= 0.3 is 6.09 Å². The van der Waals surface area contributed by atoms with Crippen LogP contribution in [0.2, 0.25) is 0 Å². The molecule has 1 fully saturated rings. The number of piperidine rings is 1. The summed E-state index contributed by atoms with van der Waals surface area (Å²) in [5, 5.41) is 3.56. The molecule has 3 aromatic rings. The lowest BCUT2D eigenvalue weighted by Gasteiger charge is -2.39. The van der Waals surface area contributed by atoms with E-state index in [0.717, 1.165) is 34.7 Å². The predicted molar refractivity (Wildman–Crippen MR) is 125 cm³/mol. The molecule has 0 saturated carbocycles. The standard InChI is InChI=1S/C26H25FN2O2S/c27-20-6-8-21(9-7-20)32-22-10-11-24-23(16-22)26(18-28-24)12-14-29(15-13-26)25(30)31-17-19-4-2-1-3-5-19/h1-11,16,28H,12-15,17-18H2. The summed E-state index contributed by atoms with van der Waals surface area (Å²) in [7, 11) is 0. The van der Waals surface area contributed by atoms with Crippen LogP contribution in [0.25, 0.3) is 0 Å². The van der Waals surface area contributed by atoms with Crippen LogP contribution in [-0.4, -0.2) is 30.6 Å². The zero-order chi connectivity index (χ0) is 22.0. The molecule has 3 aromatic carbocycles. The van der Waals surface area contributed by atoms with Gasteiger partial charge in [0, 0.05) is 40.5 Å². The largest absolute Gasteiger partial charge is 0.445 e. The summed E-state index contributed by atoms with van der Waals surface area (Å²) in [6, 6.07) is 22.9. The number of rotatable bonds is 4. The number of carbonyl (C=O) groups excluding carboxylic acids is 1. The van der Waals surface area contributed by atoms with Crippen LogP contribution < -0.4 is 5.32 Å². The third-order valence-corrected chi connectivity index (χ3v) is 7.41. The lowest BCUT2D eigenvalue weighted by Crippen LogP contribution is -2.46. The Balaban J connectivity index is 1.24. The summed E-state index contributed by atoms with van der Waals surface area (Å²) in [4.78, 5) is 16.5. The van der Waals surface area contributed by atoms with Crippen molar-refractivity contribution in [3.05, 3.63) is 89.7 Å². The van der Waals surface area contributed by atoms with Gasteiger partial charge in [0.15, 0.2) is 0 Å². The first kappa shape index (κ1) is 20.9. The smallest absolute Gasteiger partial charge is 0.410 e. The first-order valence-electron chi connectivity index (χ1n) is 10.9. The van der Waals surface area contributed by atoms with Gasteiger partial charge in [-0.05, 0) is 66.4 Å². The number of carbonyl (C=O) groups is 1. The monoisotopic (exact) mass is 448 g/mol. The fourth-order valence-electron chi connectivity index (χ4n) is 4.55. The molecule has 1 N–H and O–H groups in total. The van der Waals surface area contributed by atoms with E-state index in [2.05, 4.69) is 23.5 Å². The molecule has 32 heavy (non-hydrogen) atoms. The SMILES string of the molecule is O=C(OCc1ccccc1)N1CCC2(CC1)CNc1ccc(Sc3ccc(F)cc3)cc12. The van der Waals surface area contributed by atoms with E-state index >= 15 is 0 Å². The molecule has 2 aliphatic rings. The Hall–Kier alpha value is -2.99. The quantitative estimate of drug-likeness (QED) is 0.526. The summed E-state index contributed by atoms with van der Waals surface area (Å²) < 4.78 is 18.7. The maximum absolute atomic E-state index is 13.2. The van der Waals surface area contributed by atoms with Gasteiger partial charge in [0.25, 0.3) is 0 Å². The highest BCUT2D eigenvalue weighted by molar-refractivity contribution is 7.99. The minimum Gasteiger partial charge on any atom is -0.445 e. The van der Waals surface area contributed by atoms with Crippen molar-refractivity contribution in [2.45, 2.75) is 34.7 Å². The van der Waals surface area contributed by atoms with E-state index in [0.29, 0.717) is 19.7 Å². The van der Waals surface area contributed by atoms with Crippen LogP contribution in [0, 0.1) is 5.82 Å². The summed E-state index contributed by atoms with van der Waals surface area (Å²) in [6.45, 7) is 2.56. The van der Waals surface area contributed by atoms with Crippen LogP contribution in [0.15, 0.2) is 82.6 Å². The molecule has 5 rings (SSSR count). The van der Waals surface area contributed by atoms with Gasteiger partial charge in [-0.2, -0.15) is 0 Å². The van der Waals surface area contributed by atoms with E-state index in [-0.39, 0.29) is 17.3 Å². The van der Waals surface area contributed by atoms with Gasteiger partial charge in [-0.1, -0.05) is 42.1 Å². The number of hydrogen-bond acceptors (Lipinski definition) is 4. The second-order valence-corrected chi connectivity index (χ2v) is 9.57. The van der Waals surface area contributed by atoms with Crippen LogP contribution in [0.3, 0.4) is 0 Å². The van der Waals surface area contributed by atoms with Crippen molar-refractivity contribution in [1.29, 1.82) is 0 Å². The molecule has 0 bridgehead atoms. The van der Waals surface area contributed by atoms with Crippen molar-refractivity contribution in [1.82, 2.24) is 4.90 Å². The van der Waals surface area contributed by atoms with Crippen LogP contribution in [-0.2, 0) is 16.8 Å². The van der Waals surface area contributed by atoms with Gasteiger partial charge < -0.3 is 15.0 Å². The highest BCUT2D eigenvalue weighted by atomic mass is 32.2. The van der Waals surface area contributed by atoms with Crippen molar-refractivity contribution in [3.63, 3.8) is 0 Å². The maximum Gasteiger partial charge on any atom is 0.410 e. The zero-order valence-corrected chi connectivity index (χ0v) is 18.5. The third-order valence-electron chi connectivity index (χ3n) is 6.41. The molecule has 6 heteroatoms. The van der Waals surface area contributed by atoms with E-state index in [9.17, 15) is 9.18 Å². The van der Waals surface area contributed by atoms with Gasteiger partial charge in [0.1, 0.15) is 12.4 Å². The molecule has 0 aliphatic carbocycles. The van der Waals surface area contributed by atoms with Crippen molar-refractivity contribution < 1.29 is 13.9 Å². The Morgan fingerprint density at radius 1 is 1.00 bits per heavy atom. The number of anilines is 1. The number of amides is 1. The van der Waals surface area contributed by atoms with Crippen LogP contribution >= 0.6 is 11.8 Å².